The Morgan fingerprint density at radius 3 is 2.57 bits per heavy atom. The molecule has 0 amide bonds. The van der Waals surface area contributed by atoms with Crippen LogP contribution in [0.25, 0.3) is 10.9 Å². The minimum absolute atomic E-state index is 0.138. The zero-order valence-electron chi connectivity index (χ0n) is 12.2. The maximum Gasteiger partial charge on any atom is 0.211 e. The van der Waals surface area contributed by atoms with E-state index in [1.165, 1.54) is 17.2 Å². The Kier molecular flexibility index (Phi) is 3.55. The Labute approximate surface area is 125 Å². The number of aromatic nitrogens is 1. The number of sulfonamides is 1. The zero-order chi connectivity index (χ0) is 15.1. The van der Waals surface area contributed by atoms with E-state index >= 15 is 0 Å². The van der Waals surface area contributed by atoms with E-state index in [1.54, 1.807) is 4.31 Å². The number of para-hydroxylation sites is 1. The van der Waals surface area contributed by atoms with Gasteiger partial charge in [-0.3, -0.25) is 0 Å². The highest BCUT2D eigenvalue weighted by Gasteiger charge is 2.38. The van der Waals surface area contributed by atoms with Gasteiger partial charge in [0.15, 0.2) is 0 Å². The van der Waals surface area contributed by atoms with Gasteiger partial charge in [-0.15, -0.1) is 0 Å². The summed E-state index contributed by atoms with van der Waals surface area (Å²) in [5.74, 6) is 0. The summed E-state index contributed by atoms with van der Waals surface area (Å²) in [4.78, 5) is 3.30. The van der Waals surface area contributed by atoms with Crippen molar-refractivity contribution in [1.82, 2.24) is 9.29 Å². The first-order valence-corrected chi connectivity index (χ1v) is 9.03. The number of nitrogens with zero attached hydrogens (tertiary/aromatic N) is 1. The first kappa shape index (κ1) is 14.6. The molecule has 21 heavy (non-hydrogen) atoms. The van der Waals surface area contributed by atoms with Gasteiger partial charge in [-0.05, 0) is 24.5 Å². The van der Waals surface area contributed by atoms with Crippen LogP contribution in [-0.2, 0) is 15.4 Å². The SMILES string of the molecule is CS(=O)(=O)N1CCC(CN)(c2c[nH]c3ccccc23)CC1. The van der Waals surface area contributed by atoms with E-state index in [0.29, 0.717) is 19.6 Å². The molecule has 1 aromatic heterocycles. The lowest BCUT2D eigenvalue weighted by atomic mass is 9.73. The van der Waals surface area contributed by atoms with Crippen molar-refractivity contribution in [2.24, 2.45) is 5.73 Å². The van der Waals surface area contributed by atoms with E-state index in [9.17, 15) is 8.42 Å². The third-order valence-electron chi connectivity index (χ3n) is 4.70. The second-order valence-corrected chi connectivity index (χ2v) is 7.88. The molecule has 0 atom stereocenters. The molecule has 1 saturated heterocycles. The highest BCUT2D eigenvalue weighted by Crippen LogP contribution is 2.38. The fraction of sp³-hybridized carbons (Fsp3) is 0.467. The molecule has 5 nitrogen and oxygen atoms in total. The highest BCUT2D eigenvalue weighted by molar-refractivity contribution is 7.88. The Morgan fingerprint density at radius 1 is 1.29 bits per heavy atom. The van der Waals surface area contributed by atoms with Gasteiger partial charge in [0, 0.05) is 42.1 Å². The molecule has 3 rings (SSSR count). The maximum absolute atomic E-state index is 11.7. The second kappa shape index (κ2) is 5.12. The summed E-state index contributed by atoms with van der Waals surface area (Å²) in [7, 11) is -3.11. The van der Waals surface area contributed by atoms with Gasteiger partial charge in [0.2, 0.25) is 10.0 Å². The summed E-state index contributed by atoms with van der Waals surface area (Å²) < 4.78 is 24.9. The summed E-state index contributed by atoms with van der Waals surface area (Å²) in [5, 5.41) is 1.19. The lowest BCUT2D eigenvalue weighted by Crippen LogP contribution is -2.48. The summed E-state index contributed by atoms with van der Waals surface area (Å²) in [6.45, 7) is 1.61. The number of hydrogen-bond donors (Lipinski definition) is 2. The van der Waals surface area contributed by atoms with Crippen molar-refractivity contribution in [3.8, 4) is 0 Å². The summed E-state index contributed by atoms with van der Waals surface area (Å²) >= 11 is 0. The second-order valence-electron chi connectivity index (χ2n) is 5.89. The number of aromatic amines is 1. The van der Waals surface area contributed by atoms with Crippen LogP contribution in [0.3, 0.4) is 0 Å². The molecular formula is C15H21N3O2S. The molecule has 1 aliphatic rings. The summed E-state index contributed by atoms with van der Waals surface area (Å²) in [6, 6.07) is 8.18. The maximum atomic E-state index is 11.7. The smallest absolute Gasteiger partial charge is 0.211 e. The molecule has 2 heterocycles. The lowest BCUT2D eigenvalue weighted by Gasteiger charge is -2.40. The van der Waals surface area contributed by atoms with Crippen molar-refractivity contribution in [3.05, 3.63) is 36.0 Å². The van der Waals surface area contributed by atoms with Crippen molar-refractivity contribution < 1.29 is 8.42 Å². The van der Waals surface area contributed by atoms with Crippen LogP contribution in [0.1, 0.15) is 18.4 Å². The number of H-pyrrole nitrogens is 1. The van der Waals surface area contributed by atoms with E-state index in [2.05, 4.69) is 17.1 Å². The fourth-order valence-corrected chi connectivity index (χ4v) is 4.19. The molecule has 0 saturated carbocycles. The quantitative estimate of drug-likeness (QED) is 0.900. The molecule has 3 N–H and O–H groups in total. The van der Waals surface area contributed by atoms with Crippen LogP contribution in [-0.4, -0.2) is 43.6 Å². The van der Waals surface area contributed by atoms with Gasteiger partial charge in [-0.25, -0.2) is 12.7 Å². The topological polar surface area (TPSA) is 79.2 Å². The van der Waals surface area contributed by atoms with Gasteiger partial charge >= 0.3 is 0 Å². The first-order valence-electron chi connectivity index (χ1n) is 7.18. The van der Waals surface area contributed by atoms with Gasteiger partial charge < -0.3 is 10.7 Å². The number of piperidine rings is 1. The number of nitrogens with two attached hydrogens (primary N) is 1. The summed E-state index contributed by atoms with van der Waals surface area (Å²) in [5.41, 5.74) is 8.27. The van der Waals surface area contributed by atoms with E-state index < -0.39 is 10.0 Å². The number of hydrogen-bond acceptors (Lipinski definition) is 3. The highest BCUT2D eigenvalue weighted by atomic mass is 32.2. The Morgan fingerprint density at radius 2 is 1.95 bits per heavy atom. The minimum Gasteiger partial charge on any atom is -0.361 e. The van der Waals surface area contributed by atoms with Crippen molar-refractivity contribution in [2.75, 3.05) is 25.9 Å². The van der Waals surface area contributed by atoms with Crippen LogP contribution >= 0.6 is 0 Å². The molecule has 0 aliphatic carbocycles. The predicted octanol–water partition coefficient (Wildman–Crippen LogP) is 1.42. The van der Waals surface area contributed by atoms with Crippen molar-refractivity contribution in [1.29, 1.82) is 0 Å². The molecule has 1 aromatic carbocycles. The van der Waals surface area contributed by atoms with E-state index in [1.807, 2.05) is 18.3 Å². The van der Waals surface area contributed by atoms with Gasteiger partial charge in [0.25, 0.3) is 0 Å². The molecule has 1 aliphatic heterocycles. The Balaban J connectivity index is 1.96. The molecule has 0 bridgehead atoms. The molecule has 1 fully saturated rings. The van der Waals surface area contributed by atoms with E-state index in [0.717, 1.165) is 18.4 Å². The van der Waals surface area contributed by atoms with Crippen LogP contribution in [0.5, 0.6) is 0 Å². The van der Waals surface area contributed by atoms with Gasteiger partial charge in [0.1, 0.15) is 0 Å². The Bertz CT molecular complexity index is 743. The normalized spacial score (nSPS) is 19.9. The average molecular weight is 307 g/mol. The monoisotopic (exact) mass is 307 g/mol. The minimum atomic E-state index is -3.11. The van der Waals surface area contributed by atoms with Gasteiger partial charge in [0.05, 0.1) is 6.26 Å². The zero-order valence-corrected chi connectivity index (χ0v) is 13.0. The largest absolute Gasteiger partial charge is 0.361 e. The number of nitrogens with one attached hydrogen (secondary N) is 1. The molecule has 0 radical (unpaired) electrons. The Hall–Kier alpha value is -1.37. The summed E-state index contributed by atoms with van der Waals surface area (Å²) in [6.07, 6.45) is 4.83. The molecular weight excluding hydrogens is 286 g/mol. The van der Waals surface area contributed by atoms with Gasteiger partial charge in [-0.2, -0.15) is 0 Å². The van der Waals surface area contributed by atoms with Crippen molar-refractivity contribution in [2.45, 2.75) is 18.3 Å². The average Bonchev–Trinajstić information content (AvgIpc) is 2.91. The van der Waals surface area contributed by atoms with Crippen LogP contribution in [0, 0.1) is 0 Å². The van der Waals surface area contributed by atoms with Crippen LogP contribution in [0.2, 0.25) is 0 Å². The van der Waals surface area contributed by atoms with Crippen LogP contribution < -0.4 is 5.73 Å². The third-order valence-corrected chi connectivity index (χ3v) is 6.00. The molecule has 2 aromatic rings. The molecule has 6 heteroatoms. The van der Waals surface area contributed by atoms with Gasteiger partial charge in [-0.1, -0.05) is 18.2 Å². The van der Waals surface area contributed by atoms with E-state index in [-0.39, 0.29) is 5.41 Å². The lowest BCUT2D eigenvalue weighted by molar-refractivity contribution is 0.240. The molecule has 0 spiro atoms. The first-order chi connectivity index (χ1) is 9.96. The number of rotatable bonds is 3. The standard InChI is InChI=1S/C15H21N3O2S/c1-21(19,20)18-8-6-15(11-16,7-9-18)13-10-17-14-5-3-2-4-12(13)14/h2-5,10,17H,6-9,11,16H2,1H3. The third kappa shape index (κ3) is 2.47. The predicted molar refractivity (Wildman–Crippen MR) is 84.7 cm³/mol. The fourth-order valence-electron chi connectivity index (χ4n) is 3.34. The van der Waals surface area contributed by atoms with Crippen molar-refractivity contribution >= 4 is 20.9 Å². The van der Waals surface area contributed by atoms with E-state index in [4.69, 9.17) is 5.73 Å². The number of benzene rings is 1. The number of fused-ring (bicyclic) bond motifs is 1. The van der Waals surface area contributed by atoms with Crippen molar-refractivity contribution in [3.63, 3.8) is 0 Å². The molecule has 114 valence electrons. The molecule has 0 unspecified atom stereocenters. The van der Waals surface area contributed by atoms with Crippen LogP contribution in [0.4, 0.5) is 0 Å². The van der Waals surface area contributed by atoms with Crippen LogP contribution in [0.15, 0.2) is 30.5 Å².